The zero-order chi connectivity index (χ0) is 22.8. The van der Waals surface area contributed by atoms with Crippen molar-refractivity contribution >= 4 is 35.1 Å². The van der Waals surface area contributed by atoms with Gasteiger partial charge >= 0.3 is 0 Å². The number of aryl methyl sites for hydroxylation is 2. The van der Waals surface area contributed by atoms with Gasteiger partial charge in [-0.15, -0.1) is 11.8 Å². The van der Waals surface area contributed by atoms with E-state index in [9.17, 15) is 9.59 Å². The molecule has 2 aliphatic heterocycles. The summed E-state index contributed by atoms with van der Waals surface area (Å²) in [6.45, 7) is 5.07. The fourth-order valence-electron chi connectivity index (χ4n) is 4.18. The lowest BCUT2D eigenvalue weighted by molar-refractivity contribution is -0.128. The number of anilines is 1. The standard InChI is InChI=1S/C25H26N4O2S2/c1-18-7-9-20(10-8-18)29-24(31)23-21(11-16-32-23)26-25(29)33-17-22(30)28-14-12-27(13-15-28)19-5-3-2-4-6-19/h2-10H,11-17H2,1H3. The van der Waals surface area contributed by atoms with E-state index in [4.69, 9.17) is 4.98 Å². The Hall–Kier alpha value is -2.71. The van der Waals surface area contributed by atoms with Crippen LogP contribution in [0.4, 0.5) is 5.69 Å². The molecule has 0 N–H and O–H groups in total. The van der Waals surface area contributed by atoms with Crippen LogP contribution in [-0.2, 0) is 11.2 Å². The molecule has 1 aromatic heterocycles. The summed E-state index contributed by atoms with van der Waals surface area (Å²) >= 11 is 2.94. The molecule has 8 heteroatoms. The molecule has 2 aromatic carbocycles. The molecule has 0 bridgehead atoms. The Morgan fingerprint density at radius 2 is 1.73 bits per heavy atom. The van der Waals surface area contributed by atoms with E-state index in [-0.39, 0.29) is 17.2 Å². The zero-order valence-corrected chi connectivity index (χ0v) is 20.2. The molecule has 0 aliphatic carbocycles. The number of aromatic nitrogens is 2. The number of fused-ring (bicyclic) bond motifs is 1. The first-order valence-electron chi connectivity index (χ1n) is 11.2. The number of piperazine rings is 1. The Kier molecular flexibility index (Phi) is 6.46. The summed E-state index contributed by atoms with van der Waals surface area (Å²) in [5, 5.41) is 0.598. The average molecular weight is 479 g/mol. The highest BCUT2D eigenvalue weighted by Gasteiger charge is 2.25. The van der Waals surface area contributed by atoms with Gasteiger partial charge in [0.2, 0.25) is 5.91 Å². The summed E-state index contributed by atoms with van der Waals surface area (Å²) < 4.78 is 1.67. The SMILES string of the molecule is Cc1ccc(-n2c(SCC(=O)N3CCN(c4ccccc4)CC3)nc3c(c2=O)SCC3)cc1. The van der Waals surface area contributed by atoms with Crippen LogP contribution in [0.25, 0.3) is 5.69 Å². The van der Waals surface area contributed by atoms with Gasteiger partial charge in [-0.05, 0) is 31.2 Å². The average Bonchev–Trinajstić information content (AvgIpc) is 3.33. The molecule has 0 saturated carbocycles. The summed E-state index contributed by atoms with van der Waals surface area (Å²) in [7, 11) is 0. The Labute approximate surface area is 202 Å². The van der Waals surface area contributed by atoms with Crippen molar-refractivity contribution in [2.24, 2.45) is 0 Å². The van der Waals surface area contributed by atoms with Crippen LogP contribution >= 0.6 is 23.5 Å². The van der Waals surface area contributed by atoms with Gasteiger partial charge in [-0.25, -0.2) is 4.98 Å². The predicted molar refractivity (Wildman–Crippen MR) is 135 cm³/mol. The number of thioether (sulfide) groups is 2. The molecular formula is C25H26N4O2S2. The molecule has 6 nitrogen and oxygen atoms in total. The molecule has 0 unspecified atom stereocenters. The fraction of sp³-hybridized carbons (Fsp3) is 0.320. The lowest BCUT2D eigenvalue weighted by Gasteiger charge is -2.36. The van der Waals surface area contributed by atoms with Crippen LogP contribution in [0.5, 0.6) is 0 Å². The molecule has 1 amide bonds. The van der Waals surface area contributed by atoms with Gasteiger partial charge in [0.25, 0.3) is 5.56 Å². The fourth-order valence-corrected chi connectivity index (χ4v) is 6.14. The minimum atomic E-state index is -0.0298. The summed E-state index contributed by atoms with van der Waals surface area (Å²) in [5.41, 5.74) is 3.95. The van der Waals surface area contributed by atoms with E-state index in [1.807, 2.05) is 54.3 Å². The minimum absolute atomic E-state index is 0.0298. The first-order chi connectivity index (χ1) is 16.1. The van der Waals surface area contributed by atoms with Crippen molar-refractivity contribution in [3.63, 3.8) is 0 Å². The number of carbonyl (C=O) groups is 1. The van der Waals surface area contributed by atoms with Gasteiger partial charge in [0, 0.05) is 44.0 Å². The van der Waals surface area contributed by atoms with Crippen molar-refractivity contribution in [2.45, 2.75) is 23.4 Å². The van der Waals surface area contributed by atoms with Crippen LogP contribution < -0.4 is 10.5 Å². The summed E-state index contributed by atoms with van der Waals surface area (Å²) in [6, 6.07) is 18.2. The number of nitrogens with zero attached hydrogens (tertiary/aromatic N) is 4. The maximum atomic E-state index is 13.3. The van der Waals surface area contributed by atoms with Gasteiger partial charge in [-0.1, -0.05) is 47.7 Å². The van der Waals surface area contributed by atoms with Crippen molar-refractivity contribution < 1.29 is 4.79 Å². The number of carbonyl (C=O) groups excluding carboxylic acids is 1. The lowest BCUT2D eigenvalue weighted by Crippen LogP contribution is -2.49. The van der Waals surface area contributed by atoms with E-state index >= 15 is 0 Å². The molecule has 0 radical (unpaired) electrons. The topological polar surface area (TPSA) is 58.4 Å². The van der Waals surface area contributed by atoms with Gasteiger partial charge in [-0.2, -0.15) is 0 Å². The highest BCUT2D eigenvalue weighted by Crippen LogP contribution is 2.30. The van der Waals surface area contributed by atoms with Crippen molar-refractivity contribution in [1.82, 2.24) is 14.5 Å². The smallest absolute Gasteiger partial charge is 0.272 e. The van der Waals surface area contributed by atoms with Gasteiger partial charge in [0.1, 0.15) is 0 Å². The third-order valence-electron chi connectivity index (χ3n) is 6.04. The van der Waals surface area contributed by atoms with Crippen molar-refractivity contribution in [2.75, 3.05) is 42.6 Å². The third-order valence-corrected chi connectivity index (χ3v) is 8.07. The van der Waals surface area contributed by atoms with E-state index < -0.39 is 0 Å². The molecule has 2 aliphatic rings. The van der Waals surface area contributed by atoms with E-state index in [1.165, 1.54) is 17.4 Å². The molecular weight excluding hydrogens is 452 g/mol. The van der Waals surface area contributed by atoms with Crippen molar-refractivity contribution in [1.29, 1.82) is 0 Å². The highest BCUT2D eigenvalue weighted by molar-refractivity contribution is 8.00. The third kappa shape index (κ3) is 4.68. The number of amides is 1. The van der Waals surface area contributed by atoms with E-state index in [0.717, 1.165) is 47.1 Å². The van der Waals surface area contributed by atoms with E-state index in [1.54, 1.807) is 16.3 Å². The first-order valence-corrected chi connectivity index (χ1v) is 13.1. The van der Waals surface area contributed by atoms with E-state index in [2.05, 4.69) is 17.0 Å². The number of para-hydroxylation sites is 1. The number of benzene rings is 2. The van der Waals surface area contributed by atoms with Crippen LogP contribution in [0.1, 0.15) is 11.3 Å². The minimum Gasteiger partial charge on any atom is -0.368 e. The van der Waals surface area contributed by atoms with Crippen molar-refractivity contribution in [3.8, 4) is 5.69 Å². The first kappa shape index (κ1) is 22.1. The Bertz CT molecular complexity index is 1200. The molecule has 170 valence electrons. The highest BCUT2D eigenvalue weighted by atomic mass is 32.2. The lowest BCUT2D eigenvalue weighted by atomic mass is 10.2. The predicted octanol–water partition coefficient (Wildman–Crippen LogP) is 3.63. The molecule has 3 heterocycles. The van der Waals surface area contributed by atoms with Crippen LogP contribution in [-0.4, -0.2) is 58.0 Å². The summed E-state index contributed by atoms with van der Waals surface area (Å²) in [4.78, 5) is 36.0. The molecule has 5 rings (SSSR count). The van der Waals surface area contributed by atoms with Crippen LogP contribution in [0.15, 0.2) is 69.4 Å². The molecule has 0 spiro atoms. The monoisotopic (exact) mass is 478 g/mol. The Morgan fingerprint density at radius 3 is 2.45 bits per heavy atom. The van der Waals surface area contributed by atoms with Gasteiger partial charge in [-0.3, -0.25) is 14.2 Å². The van der Waals surface area contributed by atoms with Gasteiger partial charge < -0.3 is 9.80 Å². The second-order valence-electron chi connectivity index (χ2n) is 8.24. The summed E-state index contributed by atoms with van der Waals surface area (Å²) in [5.74, 6) is 1.24. The maximum absolute atomic E-state index is 13.3. The molecule has 0 atom stereocenters. The Morgan fingerprint density at radius 1 is 1.00 bits per heavy atom. The zero-order valence-electron chi connectivity index (χ0n) is 18.6. The molecule has 33 heavy (non-hydrogen) atoms. The molecule has 3 aromatic rings. The van der Waals surface area contributed by atoms with Crippen molar-refractivity contribution in [3.05, 3.63) is 76.2 Å². The second kappa shape index (κ2) is 9.65. The normalized spacial score (nSPS) is 15.5. The van der Waals surface area contributed by atoms with Crippen LogP contribution in [0.3, 0.4) is 0 Å². The largest absolute Gasteiger partial charge is 0.368 e. The maximum Gasteiger partial charge on any atom is 0.272 e. The number of hydrogen-bond acceptors (Lipinski definition) is 6. The van der Waals surface area contributed by atoms with Crippen LogP contribution in [0, 0.1) is 6.92 Å². The number of hydrogen-bond donors (Lipinski definition) is 0. The number of rotatable bonds is 5. The molecule has 1 fully saturated rings. The van der Waals surface area contributed by atoms with E-state index in [0.29, 0.717) is 18.2 Å². The summed E-state index contributed by atoms with van der Waals surface area (Å²) in [6.07, 6.45) is 0.799. The van der Waals surface area contributed by atoms with Crippen LogP contribution in [0.2, 0.25) is 0 Å². The Balaban J connectivity index is 1.30. The second-order valence-corrected chi connectivity index (χ2v) is 10.3. The quantitative estimate of drug-likeness (QED) is 0.412. The van der Waals surface area contributed by atoms with Gasteiger partial charge in [0.15, 0.2) is 5.16 Å². The van der Waals surface area contributed by atoms with Gasteiger partial charge in [0.05, 0.1) is 22.0 Å². The molecule has 1 saturated heterocycles.